The Kier molecular flexibility index (Phi) is 3.07. The molecule has 0 bridgehead atoms. The van der Waals surface area contributed by atoms with Crippen LogP contribution in [0, 0.1) is 18.3 Å². The second kappa shape index (κ2) is 4.21. The SMILES string of the molecule is CNC(Cc1cccc(C)c1)C1CC1(C)C. The molecule has 1 aliphatic rings. The second-order valence-electron chi connectivity index (χ2n) is 5.89. The lowest BCUT2D eigenvalue weighted by Crippen LogP contribution is -2.31. The van der Waals surface area contributed by atoms with E-state index in [1.807, 2.05) is 0 Å². The van der Waals surface area contributed by atoms with Crippen LogP contribution in [0.3, 0.4) is 0 Å². The maximum atomic E-state index is 3.49. The van der Waals surface area contributed by atoms with Crippen molar-refractivity contribution in [3.05, 3.63) is 35.4 Å². The van der Waals surface area contributed by atoms with Gasteiger partial charge in [-0.3, -0.25) is 0 Å². The lowest BCUT2D eigenvalue weighted by molar-refractivity contribution is 0.426. The monoisotopic (exact) mass is 217 g/mol. The van der Waals surface area contributed by atoms with Crippen LogP contribution in [0.15, 0.2) is 24.3 Å². The zero-order chi connectivity index (χ0) is 11.8. The Balaban J connectivity index is 2.03. The summed E-state index contributed by atoms with van der Waals surface area (Å²) >= 11 is 0. The van der Waals surface area contributed by atoms with Gasteiger partial charge in [0.05, 0.1) is 0 Å². The number of nitrogens with one attached hydrogen (secondary N) is 1. The fraction of sp³-hybridized carbons (Fsp3) is 0.600. The molecule has 1 heteroatoms. The Hall–Kier alpha value is -0.820. The van der Waals surface area contributed by atoms with Gasteiger partial charge in [0.15, 0.2) is 0 Å². The van der Waals surface area contributed by atoms with Crippen molar-refractivity contribution < 1.29 is 0 Å². The van der Waals surface area contributed by atoms with Crippen LogP contribution in [0.4, 0.5) is 0 Å². The van der Waals surface area contributed by atoms with E-state index >= 15 is 0 Å². The molecule has 2 rings (SSSR count). The van der Waals surface area contributed by atoms with Crippen LogP contribution in [-0.4, -0.2) is 13.1 Å². The molecule has 0 aromatic heterocycles. The molecule has 0 spiro atoms. The number of likely N-dealkylation sites (N-methyl/N-ethyl adjacent to an activating group) is 1. The Labute approximate surface area is 99.3 Å². The normalized spacial score (nSPS) is 24.1. The zero-order valence-corrected chi connectivity index (χ0v) is 10.9. The molecule has 1 nitrogen and oxygen atoms in total. The van der Waals surface area contributed by atoms with Crippen LogP contribution in [0.1, 0.15) is 31.4 Å². The van der Waals surface area contributed by atoms with Gasteiger partial charge < -0.3 is 5.32 Å². The number of benzene rings is 1. The maximum Gasteiger partial charge on any atom is 0.0138 e. The number of aryl methyl sites for hydroxylation is 1. The van der Waals surface area contributed by atoms with Gasteiger partial charge in [0.1, 0.15) is 0 Å². The summed E-state index contributed by atoms with van der Waals surface area (Å²) < 4.78 is 0. The van der Waals surface area contributed by atoms with Crippen molar-refractivity contribution in [1.82, 2.24) is 5.32 Å². The highest BCUT2D eigenvalue weighted by molar-refractivity contribution is 5.23. The van der Waals surface area contributed by atoms with E-state index in [4.69, 9.17) is 0 Å². The third-order valence-electron chi connectivity index (χ3n) is 3.98. The second-order valence-corrected chi connectivity index (χ2v) is 5.89. The molecule has 1 fully saturated rings. The molecule has 0 amide bonds. The van der Waals surface area contributed by atoms with E-state index in [9.17, 15) is 0 Å². The number of hydrogen-bond donors (Lipinski definition) is 1. The Morgan fingerprint density at radius 1 is 1.44 bits per heavy atom. The maximum absolute atomic E-state index is 3.49. The van der Waals surface area contributed by atoms with E-state index in [0.717, 1.165) is 12.3 Å². The molecule has 1 aliphatic carbocycles. The minimum absolute atomic E-state index is 0.553. The van der Waals surface area contributed by atoms with E-state index in [1.165, 1.54) is 17.5 Å². The molecule has 2 unspecified atom stereocenters. The van der Waals surface area contributed by atoms with Crippen LogP contribution in [0.25, 0.3) is 0 Å². The molecular weight excluding hydrogens is 194 g/mol. The predicted octanol–water partition coefficient (Wildman–Crippen LogP) is 3.17. The van der Waals surface area contributed by atoms with Gasteiger partial charge in [-0.1, -0.05) is 43.7 Å². The highest BCUT2D eigenvalue weighted by atomic mass is 14.9. The third-order valence-corrected chi connectivity index (χ3v) is 3.98. The highest BCUT2D eigenvalue weighted by Gasteiger charge is 2.49. The van der Waals surface area contributed by atoms with Crippen molar-refractivity contribution in [3.8, 4) is 0 Å². The summed E-state index contributed by atoms with van der Waals surface area (Å²) in [6.45, 7) is 6.91. The summed E-state index contributed by atoms with van der Waals surface area (Å²) in [5, 5.41) is 3.49. The van der Waals surface area contributed by atoms with Crippen molar-refractivity contribution in [2.45, 2.75) is 39.7 Å². The van der Waals surface area contributed by atoms with Crippen molar-refractivity contribution in [2.24, 2.45) is 11.3 Å². The summed E-state index contributed by atoms with van der Waals surface area (Å²) in [6.07, 6.45) is 2.52. The van der Waals surface area contributed by atoms with Gasteiger partial charge in [0.25, 0.3) is 0 Å². The molecule has 2 atom stereocenters. The molecule has 1 N–H and O–H groups in total. The summed E-state index contributed by atoms with van der Waals surface area (Å²) in [6, 6.07) is 9.51. The molecule has 0 aliphatic heterocycles. The molecule has 1 saturated carbocycles. The van der Waals surface area contributed by atoms with Crippen LogP contribution in [-0.2, 0) is 6.42 Å². The quantitative estimate of drug-likeness (QED) is 0.817. The first-order valence-corrected chi connectivity index (χ1v) is 6.26. The molecule has 1 aromatic rings. The Morgan fingerprint density at radius 2 is 2.12 bits per heavy atom. The standard InChI is InChI=1S/C15H23N/c1-11-6-5-7-12(8-11)9-14(16-4)13-10-15(13,2)3/h5-8,13-14,16H,9-10H2,1-4H3. The largest absolute Gasteiger partial charge is 0.316 e. The summed E-state index contributed by atoms with van der Waals surface area (Å²) in [4.78, 5) is 0. The molecule has 88 valence electrons. The average Bonchev–Trinajstić information content (AvgIpc) is 2.84. The van der Waals surface area contributed by atoms with Crippen molar-refractivity contribution in [1.29, 1.82) is 0 Å². The van der Waals surface area contributed by atoms with E-state index in [0.29, 0.717) is 11.5 Å². The average molecular weight is 217 g/mol. The molecule has 0 heterocycles. The fourth-order valence-corrected chi connectivity index (χ4v) is 2.73. The Bertz CT molecular complexity index is 367. The van der Waals surface area contributed by atoms with Gasteiger partial charge in [0, 0.05) is 6.04 Å². The minimum atomic E-state index is 0.553. The summed E-state index contributed by atoms with van der Waals surface area (Å²) in [5.74, 6) is 0.845. The molecule has 0 saturated heterocycles. The molecule has 16 heavy (non-hydrogen) atoms. The van der Waals surface area contributed by atoms with E-state index in [-0.39, 0.29) is 0 Å². The molecular formula is C15H23N. The van der Waals surface area contributed by atoms with Gasteiger partial charge in [0.2, 0.25) is 0 Å². The highest BCUT2D eigenvalue weighted by Crippen LogP contribution is 2.53. The predicted molar refractivity (Wildman–Crippen MR) is 69.6 cm³/mol. The van der Waals surface area contributed by atoms with Crippen molar-refractivity contribution in [3.63, 3.8) is 0 Å². The summed E-state index contributed by atoms with van der Waals surface area (Å²) in [7, 11) is 2.09. The van der Waals surface area contributed by atoms with Crippen molar-refractivity contribution in [2.75, 3.05) is 7.05 Å². The third kappa shape index (κ3) is 2.46. The first-order chi connectivity index (χ1) is 7.53. The first-order valence-electron chi connectivity index (χ1n) is 6.26. The van der Waals surface area contributed by atoms with Gasteiger partial charge in [-0.05, 0) is 43.7 Å². The lowest BCUT2D eigenvalue weighted by Gasteiger charge is -2.18. The first kappa shape index (κ1) is 11.7. The topological polar surface area (TPSA) is 12.0 Å². The van der Waals surface area contributed by atoms with Crippen LogP contribution < -0.4 is 5.32 Å². The molecule has 1 aromatic carbocycles. The number of rotatable bonds is 4. The summed E-state index contributed by atoms with van der Waals surface area (Å²) in [5.41, 5.74) is 3.38. The smallest absolute Gasteiger partial charge is 0.0138 e. The number of hydrogen-bond acceptors (Lipinski definition) is 1. The molecule has 0 radical (unpaired) electrons. The zero-order valence-electron chi connectivity index (χ0n) is 10.9. The van der Waals surface area contributed by atoms with E-state index < -0.39 is 0 Å². The lowest BCUT2D eigenvalue weighted by atomic mass is 9.97. The fourth-order valence-electron chi connectivity index (χ4n) is 2.73. The Morgan fingerprint density at radius 3 is 2.62 bits per heavy atom. The van der Waals surface area contributed by atoms with Gasteiger partial charge in [-0.2, -0.15) is 0 Å². The van der Waals surface area contributed by atoms with Crippen LogP contribution >= 0.6 is 0 Å². The van der Waals surface area contributed by atoms with Crippen LogP contribution in [0.5, 0.6) is 0 Å². The van der Waals surface area contributed by atoms with Crippen LogP contribution in [0.2, 0.25) is 0 Å². The van der Waals surface area contributed by atoms with Gasteiger partial charge in [-0.15, -0.1) is 0 Å². The van der Waals surface area contributed by atoms with E-state index in [2.05, 4.69) is 57.4 Å². The van der Waals surface area contributed by atoms with E-state index in [1.54, 1.807) is 0 Å². The minimum Gasteiger partial charge on any atom is -0.316 e. The van der Waals surface area contributed by atoms with Gasteiger partial charge >= 0.3 is 0 Å². The van der Waals surface area contributed by atoms with Gasteiger partial charge in [-0.25, -0.2) is 0 Å². The van der Waals surface area contributed by atoms with Crippen molar-refractivity contribution >= 4 is 0 Å².